The van der Waals surface area contributed by atoms with Gasteiger partial charge in [-0.1, -0.05) is 103 Å². The molecule has 4 heterocycles. The van der Waals surface area contributed by atoms with E-state index in [2.05, 4.69) is 138 Å². The van der Waals surface area contributed by atoms with Gasteiger partial charge in [0.1, 0.15) is 11.2 Å². The SMILES string of the molecule is c1ccc(-n2c3ccccc3c3c4sc5c(-c6nc(-c7cccc8oc9ccccc9c78)c7ccccc7n6)cccc5c4ccc32)cc1. The zero-order chi connectivity index (χ0) is 32.1. The molecule has 7 aromatic carbocycles. The van der Waals surface area contributed by atoms with Gasteiger partial charge in [0.15, 0.2) is 5.82 Å². The Morgan fingerprint density at radius 2 is 1.14 bits per heavy atom. The Hall–Kier alpha value is -6.30. The third-order valence-corrected chi connectivity index (χ3v) is 11.1. The van der Waals surface area contributed by atoms with E-state index >= 15 is 0 Å². The van der Waals surface area contributed by atoms with E-state index < -0.39 is 0 Å². The molecular weight excluding hydrogens is 619 g/mol. The molecule has 0 bridgehead atoms. The van der Waals surface area contributed by atoms with E-state index in [1.807, 2.05) is 29.5 Å². The lowest BCUT2D eigenvalue weighted by Crippen LogP contribution is -1.95. The fraction of sp³-hybridized carbons (Fsp3) is 0. The first-order chi connectivity index (χ1) is 24.3. The molecule has 0 aliphatic rings. The van der Waals surface area contributed by atoms with Crippen molar-refractivity contribution in [3.8, 4) is 28.3 Å². The first-order valence-corrected chi connectivity index (χ1v) is 17.2. The van der Waals surface area contributed by atoms with Crippen LogP contribution in [0.25, 0.3) is 103 Å². The summed E-state index contributed by atoms with van der Waals surface area (Å²) < 4.78 is 11.1. The molecule has 228 valence electrons. The van der Waals surface area contributed by atoms with Gasteiger partial charge < -0.3 is 8.98 Å². The molecule has 49 heavy (non-hydrogen) atoms. The molecule has 0 spiro atoms. The van der Waals surface area contributed by atoms with Crippen LogP contribution in [-0.4, -0.2) is 14.5 Å². The van der Waals surface area contributed by atoms with Crippen LogP contribution in [0, 0.1) is 0 Å². The maximum atomic E-state index is 6.28. The van der Waals surface area contributed by atoms with Gasteiger partial charge >= 0.3 is 0 Å². The van der Waals surface area contributed by atoms with E-state index in [1.165, 1.54) is 42.0 Å². The molecule has 0 amide bonds. The molecule has 0 saturated carbocycles. The van der Waals surface area contributed by atoms with Crippen LogP contribution < -0.4 is 0 Å². The summed E-state index contributed by atoms with van der Waals surface area (Å²) in [5, 5.41) is 8.18. The lowest BCUT2D eigenvalue weighted by atomic mass is 10.00. The van der Waals surface area contributed by atoms with Gasteiger partial charge in [-0.15, -0.1) is 11.3 Å². The number of benzene rings is 7. The van der Waals surface area contributed by atoms with Crippen LogP contribution in [-0.2, 0) is 0 Å². The van der Waals surface area contributed by atoms with Gasteiger partial charge in [0.2, 0.25) is 0 Å². The number of nitrogens with zero attached hydrogens (tertiary/aromatic N) is 3. The smallest absolute Gasteiger partial charge is 0.161 e. The third kappa shape index (κ3) is 3.79. The highest BCUT2D eigenvalue weighted by Crippen LogP contribution is 2.46. The Labute approximate surface area is 284 Å². The van der Waals surface area contributed by atoms with Crippen LogP contribution in [0.5, 0.6) is 0 Å². The number of hydrogen-bond acceptors (Lipinski definition) is 4. The van der Waals surface area contributed by atoms with Crippen molar-refractivity contribution in [2.75, 3.05) is 0 Å². The van der Waals surface area contributed by atoms with Gasteiger partial charge in [0.05, 0.1) is 22.2 Å². The summed E-state index contributed by atoms with van der Waals surface area (Å²) in [6.07, 6.45) is 0. The normalized spacial score (nSPS) is 12.1. The first kappa shape index (κ1) is 26.7. The zero-order valence-corrected chi connectivity index (χ0v) is 26.9. The molecule has 0 aliphatic carbocycles. The second-order valence-corrected chi connectivity index (χ2v) is 13.5. The molecule has 11 rings (SSSR count). The van der Waals surface area contributed by atoms with Gasteiger partial charge in [-0.2, -0.15) is 0 Å². The van der Waals surface area contributed by atoms with Crippen LogP contribution in [0.15, 0.2) is 156 Å². The molecule has 5 heteroatoms. The molecule has 0 aliphatic heterocycles. The fourth-order valence-electron chi connectivity index (χ4n) is 7.71. The highest BCUT2D eigenvalue weighted by Gasteiger charge is 2.21. The van der Waals surface area contributed by atoms with Crippen molar-refractivity contribution in [1.82, 2.24) is 14.5 Å². The van der Waals surface area contributed by atoms with Crippen molar-refractivity contribution >= 4 is 86.2 Å². The number of aromatic nitrogens is 3. The summed E-state index contributed by atoms with van der Waals surface area (Å²) in [6, 6.07) is 53.3. The topological polar surface area (TPSA) is 43.9 Å². The predicted molar refractivity (Wildman–Crippen MR) is 205 cm³/mol. The second-order valence-electron chi connectivity index (χ2n) is 12.5. The number of fused-ring (bicyclic) bond motifs is 11. The monoisotopic (exact) mass is 643 g/mol. The summed E-state index contributed by atoms with van der Waals surface area (Å²) in [5.74, 6) is 0.721. The first-order valence-electron chi connectivity index (χ1n) is 16.4. The number of hydrogen-bond donors (Lipinski definition) is 0. The number of furan rings is 1. The molecule has 0 unspecified atom stereocenters. The van der Waals surface area contributed by atoms with Gasteiger partial charge in [-0.25, -0.2) is 9.97 Å². The standard InChI is InChI=1S/C44H25N3OS/c1-2-12-26(13-3-1)47-35-21-8-5-15-30(35)40-36(47)25-24-28-27-17-10-19-33(42(27)49-43(28)40)44-45-34-20-7-4-14-29(34)41(46-44)32-18-11-23-38-39(32)31-16-6-9-22-37(31)48-38/h1-25H. The van der Waals surface area contributed by atoms with Gasteiger partial charge in [0.25, 0.3) is 0 Å². The molecular formula is C44H25N3OS. The average Bonchev–Trinajstić information content (AvgIpc) is 3.84. The maximum Gasteiger partial charge on any atom is 0.161 e. The third-order valence-electron chi connectivity index (χ3n) is 9.82. The zero-order valence-electron chi connectivity index (χ0n) is 26.1. The lowest BCUT2D eigenvalue weighted by molar-refractivity contribution is 0.669. The van der Waals surface area contributed by atoms with Crippen molar-refractivity contribution in [2.24, 2.45) is 0 Å². The van der Waals surface area contributed by atoms with Crippen LogP contribution in [0.1, 0.15) is 0 Å². The minimum absolute atomic E-state index is 0.721. The van der Waals surface area contributed by atoms with Gasteiger partial charge in [0, 0.05) is 63.9 Å². The molecule has 0 N–H and O–H groups in total. The Morgan fingerprint density at radius 1 is 0.449 bits per heavy atom. The maximum absolute atomic E-state index is 6.28. The van der Waals surface area contributed by atoms with Gasteiger partial charge in [-0.3, -0.25) is 0 Å². The minimum atomic E-state index is 0.721. The number of thiophene rings is 1. The summed E-state index contributed by atoms with van der Waals surface area (Å²) in [7, 11) is 0. The summed E-state index contributed by atoms with van der Waals surface area (Å²) >= 11 is 1.84. The Balaban J connectivity index is 1.21. The molecule has 0 saturated heterocycles. The molecule has 4 nitrogen and oxygen atoms in total. The van der Waals surface area contributed by atoms with E-state index in [0.29, 0.717) is 0 Å². The Kier molecular flexibility index (Phi) is 5.51. The van der Waals surface area contributed by atoms with Gasteiger partial charge in [-0.05, 0) is 48.5 Å². The lowest BCUT2D eigenvalue weighted by Gasteiger charge is -2.11. The van der Waals surface area contributed by atoms with Crippen LogP contribution in [0.4, 0.5) is 0 Å². The molecule has 11 aromatic rings. The molecule has 0 radical (unpaired) electrons. The summed E-state index contributed by atoms with van der Waals surface area (Å²) in [6.45, 7) is 0. The highest BCUT2D eigenvalue weighted by molar-refractivity contribution is 7.27. The fourth-order valence-corrected chi connectivity index (χ4v) is 9.08. The van der Waals surface area contributed by atoms with E-state index in [0.717, 1.165) is 61.2 Å². The number of rotatable bonds is 3. The van der Waals surface area contributed by atoms with E-state index in [4.69, 9.17) is 14.4 Å². The minimum Gasteiger partial charge on any atom is -0.456 e. The van der Waals surface area contributed by atoms with Crippen molar-refractivity contribution in [3.05, 3.63) is 152 Å². The Morgan fingerprint density at radius 3 is 2.06 bits per heavy atom. The van der Waals surface area contributed by atoms with E-state index in [9.17, 15) is 0 Å². The van der Waals surface area contributed by atoms with Crippen molar-refractivity contribution in [1.29, 1.82) is 0 Å². The Bertz CT molecular complexity index is 3110. The molecule has 0 fully saturated rings. The quantitative estimate of drug-likeness (QED) is 0.192. The average molecular weight is 644 g/mol. The van der Waals surface area contributed by atoms with Crippen molar-refractivity contribution < 1.29 is 4.42 Å². The number of para-hydroxylation sites is 4. The highest BCUT2D eigenvalue weighted by atomic mass is 32.1. The predicted octanol–water partition coefficient (Wildman–Crippen LogP) is 12.3. The van der Waals surface area contributed by atoms with Crippen LogP contribution >= 0.6 is 11.3 Å². The van der Waals surface area contributed by atoms with E-state index in [1.54, 1.807) is 0 Å². The van der Waals surface area contributed by atoms with Crippen molar-refractivity contribution in [2.45, 2.75) is 0 Å². The largest absolute Gasteiger partial charge is 0.456 e. The summed E-state index contributed by atoms with van der Waals surface area (Å²) in [4.78, 5) is 10.6. The van der Waals surface area contributed by atoms with Crippen LogP contribution in [0.2, 0.25) is 0 Å². The second kappa shape index (κ2) is 10.1. The molecule has 0 atom stereocenters. The van der Waals surface area contributed by atoms with E-state index in [-0.39, 0.29) is 0 Å². The molecule has 4 aromatic heterocycles. The summed E-state index contributed by atoms with van der Waals surface area (Å²) in [5.41, 5.74) is 9.20. The van der Waals surface area contributed by atoms with Crippen LogP contribution in [0.3, 0.4) is 0 Å². The van der Waals surface area contributed by atoms with Crippen molar-refractivity contribution in [3.63, 3.8) is 0 Å².